The molecule has 5 heteroatoms. The lowest BCUT2D eigenvalue weighted by molar-refractivity contribution is 0.0731. The molecule has 2 aromatic rings. The molecule has 0 saturated heterocycles. The van der Waals surface area contributed by atoms with Crippen molar-refractivity contribution in [1.29, 1.82) is 5.26 Å². The van der Waals surface area contributed by atoms with E-state index in [-0.39, 0.29) is 5.91 Å². The van der Waals surface area contributed by atoms with Gasteiger partial charge in [0.05, 0.1) is 17.2 Å². The van der Waals surface area contributed by atoms with E-state index in [0.717, 1.165) is 29.1 Å². The number of aryl methyl sites for hydroxylation is 1. The molecule has 0 N–H and O–H groups in total. The summed E-state index contributed by atoms with van der Waals surface area (Å²) < 4.78 is 2.21. The Balaban J connectivity index is 2.31. The molecule has 144 valence electrons. The minimum absolute atomic E-state index is 0.0567. The third-order valence-electron chi connectivity index (χ3n) is 4.79. The van der Waals surface area contributed by atoms with Crippen LogP contribution in [0.1, 0.15) is 52.8 Å². The maximum atomic E-state index is 13.3. The number of nitrogens with zero attached hydrogens (tertiary/aromatic N) is 4. The Kier molecular flexibility index (Phi) is 6.81. The highest BCUT2D eigenvalue weighted by Crippen LogP contribution is 2.22. The largest absolute Gasteiger partial charge is 0.346 e. The first-order valence-electron chi connectivity index (χ1n) is 9.36. The summed E-state index contributed by atoms with van der Waals surface area (Å²) in [6.07, 6.45) is 0. The van der Waals surface area contributed by atoms with E-state index >= 15 is 0 Å². The maximum Gasteiger partial charge on any atom is 0.256 e. The van der Waals surface area contributed by atoms with Crippen LogP contribution >= 0.6 is 0 Å². The van der Waals surface area contributed by atoms with Gasteiger partial charge in [0.25, 0.3) is 5.91 Å². The smallest absolute Gasteiger partial charge is 0.256 e. The molecule has 0 unspecified atom stereocenters. The fourth-order valence-corrected chi connectivity index (χ4v) is 3.44. The first-order chi connectivity index (χ1) is 12.7. The third-order valence-corrected chi connectivity index (χ3v) is 4.79. The Morgan fingerprint density at radius 2 is 1.78 bits per heavy atom. The van der Waals surface area contributed by atoms with Gasteiger partial charge in [0.1, 0.15) is 0 Å². The highest BCUT2D eigenvalue weighted by atomic mass is 16.2. The summed E-state index contributed by atoms with van der Waals surface area (Å²) in [6, 6.07) is 11.9. The molecule has 2 rings (SSSR count). The first-order valence-corrected chi connectivity index (χ1v) is 9.36. The topological polar surface area (TPSA) is 52.3 Å². The molecule has 1 aromatic carbocycles. The minimum Gasteiger partial charge on any atom is -0.346 e. The van der Waals surface area contributed by atoms with Crippen molar-refractivity contribution in [2.24, 2.45) is 0 Å². The fraction of sp³-hybridized carbons (Fsp3) is 0.455. The summed E-state index contributed by atoms with van der Waals surface area (Å²) in [7, 11) is 4.02. The summed E-state index contributed by atoms with van der Waals surface area (Å²) in [6.45, 7) is 10.3. The van der Waals surface area contributed by atoms with Crippen molar-refractivity contribution >= 4 is 5.91 Å². The van der Waals surface area contributed by atoms with Crippen molar-refractivity contribution < 1.29 is 4.79 Å². The number of likely N-dealkylation sites (N-methyl/N-ethyl adjacent to an activating group) is 1. The lowest BCUT2D eigenvalue weighted by Gasteiger charge is -2.25. The summed E-state index contributed by atoms with van der Waals surface area (Å²) in [5.41, 5.74) is 4.55. The standard InChI is InChI=1S/C22H30N4O/c1-16(2)26-17(3)13-21(18(26)4)22(27)25(12-11-24(5)6)15-20-9-7-19(14-23)8-10-20/h7-10,13,16H,11-12,15H2,1-6H3. The number of nitriles is 1. The molecule has 0 bridgehead atoms. The number of benzene rings is 1. The number of carbonyl (C=O) groups is 1. The molecule has 0 saturated carbocycles. The third kappa shape index (κ3) is 4.99. The second-order valence-electron chi connectivity index (χ2n) is 7.59. The van der Waals surface area contributed by atoms with Gasteiger partial charge in [0.2, 0.25) is 0 Å². The Morgan fingerprint density at radius 3 is 2.26 bits per heavy atom. The molecule has 0 spiro atoms. The van der Waals surface area contributed by atoms with Crippen LogP contribution in [-0.4, -0.2) is 47.5 Å². The highest BCUT2D eigenvalue weighted by Gasteiger charge is 2.22. The number of hydrogen-bond acceptors (Lipinski definition) is 3. The van der Waals surface area contributed by atoms with Crippen molar-refractivity contribution in [3.8, 4) is 6.07 Å². The van der Waals surface area contributed by atoms with E-state index in [1.165, 1.54) is 0 Å². The predicted octanol–water partition coefficient (Wildman–Crippen LogP) is 3.76. The first kappa shape index (κ1) is 20.7. The zero-order chi connectivity index (χ0) is 20.1. The minimum atomic E-state index is 0.0567. The molecule has 1 amide bonds. The molecule has 5 nitrogen and oxygen atoms in total. The van der Waals surface area contributed by atoms with Crippen molar-refractivity contribution in [3.05, 3.63) is 58.4 Å². The number of hydrogen-bond donors (Lipinski definition) is 0. The lowest BCUT2D eigenvalue weighted by Crippen LogP contribution is -2.36. The quantitative estimate of drug-likeness (QED) is 0.750. The molecule has 0 aliphatic carbocycles. The number of rotatable bonds is 7. The van der Waals surface area contributed by atoms with E-state index in [1.807, 2.05) is 44.1 Å². The highest BCUT2D eigenvalue weighted by molar-refractivity contribution is 5.95. The number of aromatic nitrogens is 1. The van der Waals surface area contributed by atoms with Crippen LogP contribution in [0.5, 0.6) is 0 Å². The molecule has 0 aliphatic heterocycles. The van der Waals surface area contributed by atoms with E-state index in [2.05, 4.69) is 36.3 Å². The summed E-state index contributed by atoms with van der Waals surface area (Å²) in [5.74, 6) is 0.0567. The van der Waals surface area contributed by atoms with Crippen LogP contribution in [0.4, 0.5) is 0 Å². The molecule has 1 aromatic heterocycles. The van der Waals surface area contributed by atoms with Crippen molar-refractivity contribution in [1.82, 2.24) is 14.4 Å². The normalized spacial score (nSPS) is 11.1. The van der Waals surface area contributed by atoms with Crippen LogP contribution in [0.2, 0.25) is 0 Å². The van der Waals surface area contributed by atoms with E-state index in [1.54, 1.807) is 12.1 Å². The Bertz CT molecular complexity index is 825. The maximum absolute atomic E-state index is 13.3. The Labute approximate surface area is 162 Å². The van der Waals surface area contributed by atoms with E-state index in [4.69, 9.17) is 5.26 Å². The van der Waals surface area contributed by atoms with Crippen LogP contribution in [0.25, 0.3) is 0 Å². The number of carbonyl (C=O) groups excluding carboxylic acids is 1. The molecule has 0 radical (unpaired) electrons. The molecule has 27 heavy (non-hydrogen) atoms. The molecular weight excluding hydrogens is 336 g/mol. The lowest BCUT2D eigenvalue weighted by atomic mass is 10.1. The average Bonchev–Trinajstić information content (AvgIpc) is 2.92. The Hall–Kier alpha value is -2.58. The van der Waals surface area contributed by atoms with Crippen LogP contribution < -0.4 is 0 Å². The van der Waals surface area contributed by atoms with E-state index < -0.39 is 0 Å². The van der Waals surface area contributed by atoms with Gasteiger partial charge in [-0.1, -0.05) is 12.1 Å². The molecule has 0 atom stereocenters. The second kappa shape index (κ2) is 8.88. The molecule has 0 fully saturated rings. The molecular formula is C22H30N4O. The van der Waals surface area contributed by atoms with E-state index in [9.17, 15) is 4.79 Å². The van der Waals surface area contributed by atoms with Gasteiger partial charge in [0.15, 0.2) is 0 Å². The molecule has 0 aliphatic rings. The molecule has 1 heterocycles. The summed E-state index contributed by atoms with van der Waals surface area (Å²) >= 11 is 0. The van der Waals surface area contributed by atoms with Gasteiger partial charge in [-0.25, -0.2) is 0 Å². The van der Waals surface area contributed by atoms with Gasteiger partial charge >= 0.3 is 0 Å². The average molecular weight is 367 g/mol. The van der Waals surface area contributed by atoms with Crippen LogP contribution in [0.15, 0.2) is 30.3 Å². The number of amides is 1. The van der Waals surface area contributed by atoms with Gasteiger partial charge in [-0.15, -0.1) is 0 Å². The van der Waals surface area contributed by atoms with Gasteiger partial charge in [-0.2, -0.15) is 5.26 Å². The zero-order valence-electron chi connectivity index (χ0n) is 17.3. The van der Waals surface area contributed by atoms with Gasteiger partial charge in [-0.3, -0.25) is 4.79 Å². The van der Waals surface area contributed by atoms with Gasteiger partial charge < -0.3 is 14.4 Å². The monoisotopic (exact) mass is 366 g/mol. The van der Waals surface area contributed by atoms with Gasteiger partial charge in [0, 0.05) is 37.1 Å². The predicted molar refractivity (Wildman–Crippen MR) is 109 cm³/mol. The van der Waals surface area contributed by atoms with Crippen molar-refractivity contribution in [3.63, 3.8) is 0 Å². The summed E-state index contributed by atoms with van der Waals surface area (Å²) in [4.78, 5) is 17.3. The van der Waals surface area contributed by atoms with E-state index in [0.29, 0.717) is 24.7 Å². The zero-order valence-corrected chi connectivity index (χ0v) is 17.3. The SMILES string of the molecule is Cc1cc(C(=O)N(CCN(C)C)Cc2ccc(C#N)cc2)c(C)n1C(C)C. The Morgan fingerprint density at radius 1 is 1.15 bits per heavy atom. The summed E-state index contributed by atoms with van der Waals surface area (Å²) in [5, 5.41) is 8.97. The second-order valence-corrected chi connectivity index (χ2v) is 7.59. The van der Waals surface area contributed by atoms with Crippen LogP contribution in [0, 0.1) is 25.2 Å². The van der Waals surface area contributed by atoms with Crippen molar-refractivity contribution in [2.45, 2.75) is 40.3 Å². The van der Waals surface area contributed by atoms with Crippen LogP contribution in [0.3, 0.4) is 0 Å². The van der Waals surface area contributed by atoms with Gasteiger partial charge in [-0.05, 0) is 65.6 Å². The fourth-order valence-electron chi connectivity index (χ4n) is 3.44. The van der Waals surface area contributed by atoms with Crippen molar-refractivity contribution in [2.75, 3.05) is 27.2 Å². The van der Waals surface area contributed by atoms with Crippen LogP contribution in [-0.2, 0) is 6.54 Å².